The van der Waals surface area contributed by atoms with Gasteiger partial charge in [-0.1, -0.05) is 5.16 Å². The van der Waals surface area contributed by atoms with E-state index in [-0.39, 0.29) is 5.92 Å². The summed E-state index contributed by atoms with van der Waals surface area (Å²) in [5, 5.41) is 16.3. The molecule has 0 amide bonds. The van der Waals surface area contributed by atoms with Gasteiger partial charge >= 0.3 is 5.97 Å². The predicted molar refractivity (Wildman–Crippen MR) is 70.8 cm³/mol. The van der Waals surface area contributed by atoms with E-state index in [1.165, 1.54) is 0 Å². The van der Waals surface area contributed by atoms with Crippen LogP contribution in [-0.2, 0) is 11.3 Å². The van der Waals surface area contributed by atoms with Gasteiger partial charge in [0.05, 0.1) is 11.6 Å². The number of nitrogens with one attached hydrogen (secondary N) is 1. The lowest BCUT2D eigenvalue weighted by Gasteiger charge is -2.26. The Morgan fingerprint density at radius 1 is 1.37 bits per heavy atom. The first-order chi connectivity index (χ1) is 9.08. The summed E-state index contributed by atoms with van der Waals surface area (Å²) in [5.41, 5.74) is 2.08. The summed E-state index contributed by atoms with van der Waals surface area (Å²) in [6.45, 7) is 5.59. The summed E-state index contributed by atoms with van der Waals surface area (Å²) in [4.78, 5) is 10.9. The van der Waals surface area contributed by atoms with Crippen LogP contribution in [0.3, 0.4) is 0 Å². The minimum absolute atomic E-state index is 0.126. The molecule has 0 bridgehead atoms. The molecule has 5 heteroatoms. The van der Waals surface area contributed by atoms with Crippen LogP contribution in [0.25, 0.3) is 0 Å². The summed E-state index contributed by atoms with van der Waals surface area (Å²) in [7, 11) is 0. The van der Waals surface area contributed by atoms with E-state index in [2.05, 4.69) is 10.5 Å². The van der Waals surface area contributed by atoms with Crippen molar-refractivity contribution >= 4 is 5.97 Å². The molecule has 1 saturated carbocycles. The van der Waals surface area contributed by atoms with Crippen LogP contribution in [0.2, 0.25) is 0 Å². The number of rotatable bonds is 5. The molecule has 0 aromatic carbocycles. The van der Waals surface area contributed by atoms with E-state index in [9.17, 15) is 4.79 Å². The van der Waals surface area contributed by atoms with Crippen molar-refractivity contribution in [1.82, 2.24) is 10.5 Å². The van der Waals surface area contributed by atoms with Gasteiger partial charge in [-0.15, -0.1) is 0 Å². The molecule has 1 aliphatic carbocycles. The fraction of sp³-hybridized carbons (Fsp3) is 0.714. The molecule has 1 aliphatic rings. The fourth-order valence-corrected chi connectivity index (χ4v) is 2.77. The largest absolute Gasteiger partial charge is 0.481 e. The molecule has 0 atom stereocenters. The van der Waals surface area contributed by atoms with Crippen LogP contribution in [0, 0.1) is 25.7 Å². The van der Waals surface area contributed by atoms with Gasteiger partial charge in [0.1, 0.15) is 5.76 Å². The van der Waals surface area contributed by atoms with Crippen LogP contribution in [0.1, 0.15) is 42.7 Å². The predicted octanol–water partition coefficient (Wildman–Crippen LogP) is 2.27. The highest BCUT2D eigenvalue weighted by Gasteiger charge is 2.25. The number of carboxylic acids is 1. The molecule has 0 unspecified atom stereocenters. The second-order valence-electron chi connectivity index (χ2n) is 5.49. The number of aryl methyl sites for hydroxylation is 2. The maximum atomic E-state index is 10.9. The third-order valence-corrected chi connectivity index (χ3v) is 4.11. The molecule has 0 radical (unpaired) electrons. The lowest BCUT2D eigenvalue weighted by atomic mass is 9.82. The SMILES string of the molecule is Cc1noc(C)c1CNCC1CCC(C(=O)O)CC1. The van der Waals surface area contributed by atoms with Crippen LogP contribution in [0.5, 0.6) is 0 Å². The molecule has 19 heavy (non-hydrogen) atoms. The Kier molecular flexibility index (Phi) is 4.58. The van der Waals surface area contributed by atoms with E-state index < -0.39 is 5.97 Å². The number of nitrogens with zero attached hydrogens (tertiary/aromatic N) is 1. The smallest absolute Gasteiger partial charge is 0.306 e. The van der Waals surface area contributed by atoms with Crippen molar-refractivity contribution < 1.29 is 14.4 Å². The summed E-state index contributed by atoms with van der Waals surface area (Å²) >= 11 is 0. The van der Waals surface area contributed by atoms with E-state index >= 15 is 0 Å². The summed E-state index contributed by atoms with van der Waals surface area (Å²) < 4.78 is 5.12. The number of carbonyl (C=O) groups is 1. The highest BCUT2D eigenvalue weighted by molar-refractivity contribution is 5.69. The summed E-state index contributed by atoms with van der Waals surface area (Å²) in [5.74, 6) is 0.705. The van der Waals surface area contributed by atoms with E-state index in [0.29, 0.717) is 5.92 Å². The molecule has 1 aromatic heterocycles. The first-order valence-corrected chi connectivity index (χ1v) is 6.93. The number of aromatic nitrogens is 1. The Morgan fingerprint density at radius 3 is 2.58 bits per heavy atom. The summed E-state index contributed by atoms with van der Waals surface area (Å²) in [6.07, 6.45) is 3.64. The molecule has 0 saturated heterocycles. The lowest BCUT2D eigenvalue weighted by Crippen LogP contribution is -2.28. The lowest BCUT2D eigenvalue weighted by molar-refractivity contribution is -0.143. The van der Waals surface area contributed by atoms with Crippen molar-refractivity contribution in [3.8, 4) is 0 Å². The number of aliphatic carboxylic acids is 1. The van der Waals surface area contributed by atoms with Gasteiger partial charge in [0.15, 0.2) is 0 Å². The molecule has 5 nitrogen and oxygen atoms in total. The monoisotopic (exact) mass is 266 g/mol. The van der Waals surface area contributed by atoms with Gasteiger partial charge in [-0.2, -0.15) is 0 Å². The Hall–Kier alpha value is -1.36. The highest BCUT2D eigenvalue weighted by atomic mass is 16.5. The van der Waals surface area contributed by atoms with E-state index in [0.717, 1.165) is 55.8 Å². The normalized spacial score (nSPS) is 23.5. The minimum atomic E-state index is -0.637. The Balaban J connectivity index is 1.71. The van der Waals surface area contributed by atoms with Crippen LogP contribution in [0.4, 0.5) is 0 Å². The van der Waals surface area contributed by atoms with Crippen LogP contribution in [-0.4, -0.2) is 22.8 Å². The number of hydrogen-bond acceptors (Lipinski definition) is 4. The van der Waals surface area contributed by atoms with Crippen molar-refractivity contribution in [1.29, 1.82) is 0 Å². The van der Waals surface area contributed by atoms with E-state index in [4.69, 9.17) is 9.63 Å². The molecule has 0 spiro atoms. The standard InChI is InChI=1S/C14H22N2O3/c1-9-13(10(2)19-16-9)8-15-7-11-3-5-12(6-4-11)14(17)18/h11-12,15H,3-8H2,1-2H3,(H,17,18). The highest BCUT2D eigenvalue weighted by Crippen LogP contribution is 2.28. The third-order valence-electron chi connectivity index (χ3n) is 4.11. The summed E-state index contributed by atoms with van der Waals surface area (Å²) in [6, 6.07) is 0. The molecular weight excluding hydrogens is 244 g/mol. The second kappa shape index (κ2) is 6.19. The number of carboxylic acid groups (broad SMARTS) is 1. The van der Waals surface area contributed by atoms with Gasteiger partial charge in [-0.05, 0) is 52.0 Å². The van der Waals surface area contributed by atoms with Crippen LogP contribution < -0.4 is 5.32 Å². The van der Waals surface area contributed by atoms with E-state index in [1.807, 2.05) is 13.8 Å². The maximum absolute atomic E-state index is 10.9. The zero-order valence-electron chi connectivity index (χ0n) is 11.6. The quantitative estimate of drug-likeness (QED) is 0.855. The van der Waals surface area contributed by atoms with Crippen LogP contribution in [0.15, 0.2) is 4.52 Å². The van der Waals surface area contributed by atoms with Crippen LogP contribution >= 0.6 is 0 Å². The van der Waals surface area contributed by atoms with Crippen molar-refractivity contribution in [2.45, 2.75) is 46.1 Å². The fourth-order valence-electron chi connectivity index (χ4n) is 2.77. The molecule has 0 aliphatic heterocycles. The maximum Gasteiger partial charge on any atom is 0.306 e. The van der Waals surface area contributed by atoms with Gasteiger partial charge in [0, 0.05) is 12.1 Å². The zero-order chi connectivity index (χ0) is 13.8. The third kappa shape index (κ3) is 3.56. The molecule has 2 rings (SSSR count). The van der Waals surface area contributed by atoms with E-state index in [1.54, 1.807) is 0 Å². The second-order valence-corrected chi connectivity index (χ2v) is 5.49. The number of hydrogen-bond donors (Lipinski definition) is 2. The van der Waals surface area contributed by atoms with Gasteiger partial charge < -0.3 is 14.9 Å². The Labute approximate surface area is 113 Å². The first kappa shape index (κ1) is 14.1. The molecule has 1 aromatic rings. The molecule has 106 valence electrons. The van der Waals surface area contributed by atoms with Crippen molar-refractivity contribution in [3.05, 3.63) is 17.0 Å². The van der Waals surface area contributed by atoms with Crippen molar-refractivity contribution in [3.63, 3.8) is 0 Å². The average Bonchev–Trinajstić information content (AvgIpc) is 2.71. The van der Waals surface area contributed by atoms with Crippen molar-refractivity contribution in [2.75, 3.05) is 6.54 Å². The average molecular weight is 266 g/mol. The van der Waals surface area contributed by atoms with Gasteiger partial charge in [0.25, 0.3) is 0 Å². The van der Waals surface area contributed by atoms with Gasteiger partial charge in [-0.3, -0.25) is 4.79 Å². The molecule has 2 N–H and O–H groups in total. The minimum Gasteiger partial charge on any atom is -0.481 e. The molecule has 1 heterocycles. The van der Waals surface area contributed by atoms with Gasteiger partial charge in [-0.25, -0.2) is 0 Å². The zero-order valence-corrected chi connectivity index (χ0v) is 11.6. The topological polar surface area (TPSA) is 75.4 Å². The molecule has 1 fully saturated rings. The Morgan fingerprint density at radius 2 is 2.05 bits per heavy atom. The molecular formula is C14H22N2O3. The van der Waals surface area contributed by atoms with Gasteiger partial charge in [0.2, 0.25) is 0 Å². The first-order valence-electron chi connectivity index (χ1n) is 6.93. The van der Waals surface area contributed by atoms with Crippen molar-refractivity contribution in [2.24, 2.45) is 11.8 Å². The Bertz CT molecular complexity index is 414.